The second-order valence-corrected chi connectivity index (χ2v) is 10.8. The highest BCUT2D eigenvalue weighted by Gasteiger charge is 2.37. The summed E-state index contributed by atoms with van der Waals surface area (Å²) in [6, 6.07) is 2.37. The molecule has 9 nitrogen and oxygen atoms in total. The number of morpholine rings is 1. The number of carbonyl (C=O) groups excluding carboxylic acids is 1. The first-order valence-electron chi connectivity index (χ1n) is 12.4. The second-order valence-electron chi connectivity index (χ2n) is 10.8. The molecule has 3 aliphatic rings. The largest absolute Gasteiger partial charge is 0.460 e. The molecule has 0 amide bonds. The van der Waals surface area contributed by atoms with Crippen LogP contribution in [0.15, 0.2) is 12.4 Å². The van der Waals surface area contributed by atoms with Crippen LogP contribution >= 0.6 is 0 Å². The van der Waals surface area contributed by atoms with E-state index < -0.39 is 5.60 Å². The van der Waals surface area contributed by atoms with E-state index in [1.165, 1.54) is 18.4 Å². The van der Waals surface area contributed by atoms with Gasteiger partial charge in [-0.05, 0) is 70.9 Å². The molecule has 34 heavy (non-hydrogen) atoms. The van der Waals surface area contributed by atoms with Gasteiger partial charge in [-0.3, -0.25) is 4.79 Å². The first-order chi connectivity index (χ1) is 16.2. The third-order valence-corrected chi connectivity index (χ3v) is 7.04. The van der Waals surface area contributed by atoms with Crippen molar-refractivity contribution in [1.82, 2.24) is 19.5 Å². The number of esters is 1. The van der Waals surface area contributed by atoms with Crippen LogP contribution in [-0.4, -0.2) is 63.4 Å². The average Bonchev–Trinajstić information content (AvgIpc) is 3.57. The molecule has 0 spiro atoms. The van der Waals surface area contributed by atoms with Gasteiger partial charge in [0.1, 0.15) is 23.5 Å². The molecule has 0 aromatic carbocycles. The molecule has 2 aromatic rings. The lowest BCUT2D eigenvalue weighted by molar-refractivity contribution is -0.161. The van der Waals surface area contributed by atoms with Crippen molar-refractivity contribution in [2.45, 2.75) is 77.0 Å². The van der Waals surface area contributed by atoms with E-state index in [-0.39, 0.29) is 24.0 Å². The lowest BCUT2D eigenvalue weighted by atomic mass is 9.91. The van der Waals surface area contributed by atoms with E-state index in [0.29, 0.717) is 25.6 Å². The van der Waals surface area contributed by atoms with Gasteiger partial charge < -0.3 is 19.3 Å². The number of hydrogen-bond donors (Lipinski definition) is 0. The second kappa shape index (κ2) is 8.73. The summed E-state index contributed by atoms with van der Waals surface area (Å²) >= 11 is 0. The maximum atomic E-state index is 12.7. The van der Waals surface area contributed by atoms with Crippen LogP contribution in [0.25, 0.3) is 5.52 Å². The van der Waals surface area contributed by atoms with Crippen LogP contribution in [0.5, 0.6) is 0 Å². The molecule has 0 N–H and O–H groups in total. The van der Waals surface area contributed by atoms with Crippen molar-refractivity contribution in [3.05, 3.63) is 23.7 Å². The Morgan fingerprint density at radius 1 is 1.26 bits per heavy atom. The molecule has 3 fully saturated rings. The number of aromatic nitrogens is 3. The normalized spacial score (nSPS) is 25.9. The molecule has 0 bridgehead atoms. The third kappa shape index (κ3) is 4.43. The van der Waals surface area contributed by atoms with Gasteiger partial charge in [0, 0.05) is 12.6 Å². The van der Waals surface area contributed by atoms with E-state index in [0.717, 1.165) is 36.4 Å². The third-order valence-electron chi connectivity index (χ3n) is 7.04. The van der Waals surface area contributed by atoms with Crippen molar-refractivity contribution in [3.63, 3.8) is 0 Å². The Labute approximate surface area is 200 Å². The molecular formula is C25H34N6O3. The average molecular weight is 467 g/mol. The molecule has 3 atom stereocenters. The van der Waals surface area contributed by atoms with Crippen LogP contribution in [0, 0.1) is 17.4 Å². The van der Waals surface area contributed by atoms with Crippen molar-refractivity contribution in [2.75, 3.05) is 31.1 Å². The molecule has 2 aliphatic heterocycles. The molecule has 1 saturated carbocycles. The van der Waals surface area contributed by atoms with E-state index in [1.807, 2.05) is 25.3 Å². The van der Waals surface area contributed by atoms with Crippen LogP contribution in [-0.2, 0) is 14.3 Å². The topological polar surface area (TPSA) is 96.0 Å². The van der Waals surface area contributed by atoms with E-state index in [1.54, 1.807) is 11.2 Å². The molecule has 2 saturated heterocycles. The molecule has 1 aliphatic carbocycles. The lowest BCUT2D eigenvalue weighted by Crippen LogP contribution is -2.44. The summed E-state index contributed by atoms with van der Waals surface area (Å²) < 4.78 is 13.7. The van der Waals surface area contributed by atoms with Crippen LogP contribution in [0.3, 0.4) is 0 Å². The number of anilines is 1. The summed E-state index contributed by atoms with van der Waals surface area (Å²) in [6.45, 7) is 10.3. The molecule has 2 aromatic heterocycles. The van der Waals surface area contributed by atoms with E-state index >= 15 is 0 Å². The lowest BCUT2D eigenvalue weighted by Gasteiger charge is -2.38. The Morgan fingerprint density at radius 2 is 2.06 bits per heavy atom. The number of carbonyl (C=O) groups is 1. The zero-order chi connectivity index (χ0) is 24.0. The Balaban J connectivity index is 1.45. The van der Waals surface area contributed by atoms with Gasteiger partial charge in [-0.25, -0.2) is 9.50 Å². The summed E-state index contributed by atoms with van der Waals surface area (Å²) in [5.74, 6) is 1.23. The summed E-state index contributed by atoms with van der Waals surface area (Å²) in [6.07, 6.45) is 7.47. The summed E-state index contributed by atoms with van der Waals surface area (Å²) in [5.41, 5.74) is 2.82. The fourth-order valence-corrected chi connectivity index (χ4v) is 5.23. The smallest absolute Gasteiger partial charge is 0.309 e. The number of ether oxygens (including phenoxy) is 2. The van der Waals surface area contributed by atoms with E-state index in [4.69, 9.17) is 14.5 Å². The summed E-state index contributed by atoms with van der Waals surface area (Å²) in [5, 5.41) is 14.0. The molecule has 4 heterocycles. The molecular weight excluding hydrogens is 432 g/mol. The number of rotatable bonds is 4. The summed E-state index contributed by atoms with van der Waals surface area (Å²) in [7, 11) is 0. The predicted molar refractivity (Wildman–Crippen MR) is 126 cm³/mol. The Bertz CT molecular complexity index is 1110. The number of hydrogen-bond acceptors (Lipinski definition) is 8. The molecule has 9 heteroatoms. The Morgan fingerprint density at radius 3 is 2.74 bits per heavy atom. The van der Waals surface area contributed by atoms with Crippen molar-refractivity contribution in [2.24, 2.45) is 5.92 Å². The minimum Gasteiger partial charge on any atom is -0.460 e. The first kappa shape index (κ1) is 22.9. The minimum atomic E-state index is -0.472. The van der Waals surface area contributed by atoms with Gasteiger partial charge in [-0.2, -0.15) is 10.4 Å². The highest BCUT2D eigenvalue weighted by atomic mass is 16.6. The number of piperidine rings is 1. The Hall–Kier alpha value is -2.86. The highest BCUT2D eigenvalue weighted by molar-refractivity contribution is 5.77. The first-order valence-corrected chi connectivity index (χ1v) is 12.4. The van der Waals surface area contributed by atoms with E-state index in [9.17, 15) is 10.1 Å². The number of fused-ring (bicyclic) bond motifs is 1. The van der Waals surface area contributed by atoms with Gasteiger partial charge in [-0.1, -0.05) is 0 Å². The van der Waals surface area contributed by atoms with Gasteiger partial charge in [0.15, 0.2) is 12.0 Å². The zero-order valence-corrected chi connectivity index (χ0v) is 20.5. The van der Waals surface area contributed by atoms with Crippen molar-refractivity contribution in [3.8, 4) is 6.19 Å². The highest BCUT2D eigenvalue weighted by Crippen LogP contribution is 2.46. The molecule has 182 valence electrons. The predicted octanol–water partition coefficient (Wildman–Crippen LogP) is 3.41. The fraction of sp³-hybridized carbons (Fsp3) is 0.680. The quantitative estimate of drug-likeness (QED) is 0.500. The van der Waals surface area contributed by atoms with Gasteiger partial charge >= 0.3 is 5.97 Å². The summed E-state index contributed by atoms with van der Waals surface area (Å²) in [4.78, 5) is 21.5. The fourth-order valence-electron chi connectivity index (χ4n) is 5.23. The van der Waals surface area contributed by atoms with Crippen molar-refractivity contribution >= 4 is 17.3 Å². The van der Waals surface area contributed by atoms with Crippen molar-refractivity contribution < 1.29 is 14.3 Å². The van der Waals surface area contributed by atoms with Crippen LogP contribution in [0.4, 0.5) is 5.82 Å². The maximum absolute atomic E-state index is 12.7. The molecule has 5 rings (SSSR count). The molecule has 1 unspecified atom stereocenters. The zero-order valence-electron chi connectivity index (χ0n) is 20.5. The van der Waals surface area contributed by atoms with Gasteiger partial charge in [0.25, 0.3) is 0 Å². The van der Waals surface area contributed by atoms with Crippen LogP contribution < -0.4 is 4.90 Å². The van der Waals surface area contributed by atoms with Crippen molar-refractivity contribution in [1.29, 1.82) is 5.26 Å². The number of nitrogens with zero attached hydrogens (tertiary/aromatic N) is 6. The maximum Gasteiger partial charge on any atom is 0.309 e. The van der Waals surface area contributed by atoms with Crippen LogP contribution in [0.1, 0.15) is 76.7 Å². The van der Waals surface area contributed by atoms with Gasteiger partial charge in [0.05, 0.1) is 31.3 Å². The minimum absolute atomic E-state index is 0.0961. The van der Waals surface area contributed by atoms with E-state index in [2.05, 4.69) is 29.2 Å². The van der Waals surface area contributed by atoms with Crippen LogP contribution in [0.2, 0.25) is 0 Å². The Kier molecular flexibility index (Phi) is 5.88. The standard InChI is InChI=1S/C25H34N6O3/c1-16-11-18(24(32)34-25(2,3)4)7-8-30(16)23-22-19(17-5-6-17)12-20(31(22)28-15-27-23)21-13-29(14-26)9-10-33-21/h12,15-18,21H,5-11,13H2,1-4H3/t16-,18-,21?/m0/s1. The monoisotopic (exact) mass is 466 g/mol. The molecule has 0 radical (unpaired) electrons. The van der Waals surface area contributed by atoms with Gasteiger partial charge in [-0.15, -0.1) is 0 Å². The van der Waals surface area contributed by atoms with Gasteiger partial charge in [0.2, 0.25) is 0 Å². The number of nitriles is 1. The SMILES string of the molecule is C[C@H]1C[C@@H](C(=O)OC(C)(C)C)CCN1c1ncnn2c(C3CN(C#N)CCO3)cc(C3CC3)c12.